The standard InChI is InChI=1S/C18H16NO7PS2.2Na/c1-23-13-4-3-10(7-16(13)29-27(20,21)22)12-8-28-19-17(12)11-5-14(24-2)18-15(6-11)25-9-26-18;;/h3-8H,9H2,1-2H3,(H2,20,21,22);;/q;2*+1/p-2. The molecular weight excluding hydrogens is 483 g/mol. The third-order valence-electron chi connectivity index (χ3n) is 4.19. The van der Waals surface area contributed by atoms with Crippen molar-refractivity contribution in [2.75, 3.05) is 21.0 Å². The van der Waals surface area contributed by atoms with Gasteiger partial charge in [0.15, 0.2) is 11.5 Å². The molecule has 4 rings (SSSR count). The predicted octanol–water partition coefficient (Wildman–Crippen LogP) is -2.85. The minimum absolute atomic E-state index is 0. The summed E-state index contributed by atoms with van der Waals surface area (Å²) in [6.07, 6.45) is 0. The molecule has 3 aromatic rings. The molecule has 0 bridgehead atoms. The smallest absolute Gasteiger partial charge is 0.803 e. The average molecular weight is 497 g/mol. The minimum Gasteiger partial charge on any atom is -0.803 e. The maximum atomic E-state index is 11.3. The van der Waals surface area contributed by atoms with E-state index >= 15 is 0 Å². The van der Waals surface area contributed by atoms with Crippen molar-refractivity contribution in [3.8, 4) is 45.4 Å². The second kappa shape index (κ2) is 11.3. The molecule has 2 aromatic carbocycles. The van der Waals surface area contributed by atoms with Crippen molar-refractivity contribution in [3.63, 3.8) is 0 Å². The molecule has 0 aliphatic carbocycles. The van der Waals surface area contributed by atoms with Crippen molar-refractivity contribution in [1.82, 2.24) is 4.37 Å². The van der Waals surface area contributed by atoms with Crippen LogP contribution in [0.1, 0.15) is 0 Å². The SMILES string of the molecule is COc1ccc(-c2csnc2-c2cc(OC)c3c(c2)OCO3)cc1SP(=O)([O-])[O-].[Na+].[Na+]. The van der Waals surface area contributed by atoms with E-state index in [0.29, 0.717) is 34.3 Å². The molecule has 31 heavy (non-hydrogen) atoms. The fraction of sp³-hybridized carbons (Fsp3) is 0.167. The number of rotatable bonds is 6. The van der Waals surface area contributed by atoms with E-state index < -0.39 is 6.80 Å². The van der Waals surface area contributed by atoms with Crippen LogP contribution in [0.25, 0.3) is 22.4 Å². The van der Waals surface area contributed by atoms with Crippen LogP contribution in [-0.2, 0) is 4.57 Å². The van der Waals surface area contributed by atoms with E-state index in [4.69, 9.17) is 18.9 Å². The second-order valence-electron chi connectivity index (χ2n) is 5.89. The summed E-state index contributed by atoms with van der Waals surface area (Å²) < 4.78 is 37.2. The molecule has 152 valence electrons. The summed E-state index contributed by atoms with van der Waals surface area (Å²) in [5.74, 6) is 1.93. The molecular formula is C18H14NNa2O7PS2. The van der Waals surface area contributed by atoms with Gasteiger partial charge in [0.1, 0.15) is 5.75 Å². The first kappa shape index (κ1) is 27.0. The third kappa shape index (κ3) is 6.02. The largest absolute Gasteiger partial charge is 1.00 e. The minimum atomic E-state index is -4.84. The summed E-state index contributed by atoms with van der Waals surface area (Å²) in [7, 11) is 2.95. The van der Waals surface area contributed by atoms with Gasteiger partial charge in [-0.1, -0.05) is 17.4 Å². The average Bonchev–Trinajstić information content (AvgIpc) is 3.35. The maximum Gasteiger partial charge on any atom is 1.00 e. The van der Waals surface area contributed by atoms with Crippen molar-refractivity contribution >= 4 is 29.7 Å². The van der Waals surface area contributed by atoms with Crippen LogP contribution in [0.5, 0.6) is 23.0 Å². The zero-order valence-corrected chi connectivity index (χ0v) is 23.8. The topological polar surface area (TPSA) is 113 Å². The second-order valence-corrected chi connectivity index (χ2v) is 9.93. The predicted molar refractivity (Wildman–Crippen MR) is 106 cm³/mol. The molecule has 0 radical (unpaired) electrons. The Kier molecular flexibility index (Phi) is 9.82. The van der Waals surface area contributed by atoms with Gasteiger partial charge < -0.3 is 33.3 Å². The molecule has 0 fully saturated rings. The molecule has 0 saturated heterocycles. The summed E-state index contributed by atoms with van der Waals surface area (Å²) in [5.41, 5.74) is 2.89. The van der Waals surface area contributed by atoms with Gasteiger partial charge in [0.25, 0.3) is 0 Å². The normalized spacial score (nSPS) is 12.0. The molecule has 13 heteroatoms. The van der Waals surface area contributed by atoms with Gasteiger partial charge in [0.05, 0.1) is 24.8 Å². The Hall–Kier alpha value is -0.230. The Balaban J connectivity index is 0.00000171. The summed E-state index contributed by atoms with van der Waals surface area (Å²) in [6.45, 7) is -4.72. The zero-order chi connectivity index (χ0) is 20.6. The van der Waals surface area contributed by atoms with Gasteiger partial charge in [-0.2, -0.15) is 4.37 Å². The van der Waals surface area contributed by atoms with E-state index in [-0.39, 0.29) is 82.2 Å². The monoisotopic (exact) mass is 497 g/mol. The van der Waals surface area contributed by atoms with Gasteiger partial charge >= 0.3 is 59.1 Å². The van der Waals surface area contributed by atoms with Gasteiger partial charge in [-0.25, -0.2) is 0 Å². The van der Waals surface area contributed by atoms with Crippen LogP contribution in [0.4, 0.5) is 0 Å². The summed E-state index contributed by atoms with van der Waals surface area (Å²) in [5, 5.41) is 1.84. The van der Waals surface area contributed by atoms with Crippen molar-refractivity contribution in [1.29, 1.82) is 0 Å². The molecule has 0 amide bonds. The Morgan fingerprint density at radius 1 is 1.06 bits per heavy atom. The number of hydrogen-bond acceptors (Lipinski definition) is 10. The first-order valence-corrected chi connectivity index (χ1v) is 12.0. The molecule has 0 N–H and O–H groups in total. The van der Waals surface area contributed by atoms with Gasteiger partial charge in [-0.15, -0.1) is 0 Å². The first-order chi connectivity index (χ1) is 13.9. The van der Waals surface area contributed by atoms with E-state index in [9.17, 15) is 14.4 Å². The fourth-order valence-corrected chi connectivity index (χ4v) is 5.48. The molecule has 8 nitrogen and oxygen atoms in total. The number of methoxy groups -OCH3 is 2. The number of ether oxygens (including phenoxy) is 4. The molecule has 0 spiro atoms. The van der Waals surface area contributed by atoms with Crippen LogP contribution < -0.4 is 87.8 Å². The number of fused-ring (bicyclic) bond motifs is 1. The van der Waals surface area contributed by atoms with Crippen LogP contribution in [0, 0.1) is 0 Å². The number of nitrogens with zero attached hydrogens (tertiary/aromatic N) is 1. The Bertz CT molecular complexity index is 1120. The zero-order valence-electron chi connectivity index (χ0n) is 17.2. The van der Waals surface area contributed by atoms with E-state index in [1.165, 1.54) is 18.6 Å². The van der Waals surface area contributed by atoms with Crippen LogP contribution in [0.15, 0.2) is 40.6 Å². The van der Waals surface area contributed by atoms with Crippen LogP contribution in [0.2, 0.25) is 0 Å². The van der Waals surface area contributed by atoms with Gasteiger partial charge in [-0.3, -0.25) is 0 Å². The van der Waals surface area contributed by atoms with Crippen molar-refractivity contribution in [3.05, 3.63) is 35.7 Å². The molecule has 0 unspecified atom stereocenters. The first-order valence-electron chi connectivity index (χ1n) is 8.22. The quantitative estimate of drug-likeness (QED) is 0.262. The van der Waals surface area contributed by atoms with Crippen LogP contribution in [0.3, 0.4) is 0 Å². The maximum absolute atomic E-state index is 11.3. The Morgan fingerprint density at radius 3 is 2.48 bits per heavy atom. The molecule has 0 saturated carbocycles. The van der Waals surface area contributed by atoms with Crippen molar-refractivity contribution in [2.24, 2.45) is 0 Å². The van der Waals surface area contributed by atoms with Gasteiger partial charge in [0, 0.05) is 16.5 Å². The third-order valence-corrected chi connectivity index (χ3v) is 6.82. The fourth-order valence-electron chi connectivity index (χ4n) is 2.95. The Morgan fingerprint density at radius 2 is 1.81 bits per heavy atom. The van der Waals surface area contributed by atoms with Crippen LogP contribution in [-0.4, -0.2) is 25.4 Å². The van der Waals surface area contributed by atoms with E-state index in [1.54, 1.807) is 31.4 Å². The summed E-state index contributed by atoms with van der Waals surface area (Å²) in [4.78, 5) is 22.7. The van der Waals surface area contributed by atoms with Gasteiger partial charge in [0.2, 0.25) is 12.5 Å². The van der Waals surface area contributed by atoms with Crippen LogP contribution >= 0.6 is 29.7 Å². The van der Waals surface area contributed by atoms with Gasteiger partial charge in [-0.05, 0) is 48.2 Å². The molecule has 2 heterocycles. The molecule has 1 aliphatic heterocycles. The van der Waals surface area contributed by atoms with E-state index in [2.05, 4.69) is 4.37 Å². The number of aromatic nitrogens is 1. The summed E-state index contributed by atoms with van der Waals surface area (Å²) >= 11 is 1.49. The molecule has 0 atom stereocenters. The Labute approximate surface area is 231 Å². The van der Waals surface area contributed by atoms with Crippen molar-refractivity contribution < 1.29 is 92.4 Å². The van der Waals surface area contributed by atoms with Crippen molar-refractivity contribution in [2.45, 2.75) is 4.90 Å². The molecule has 1 aromatic heterocycles. The summed E-state index contributed by atoms with van der Waals surface area (Å²) in [6, 6.07) is 8.61. The molecule has 1 aliphatic rings. The van der Waals surface area contributed by atoms with E-state index in [0.717, 1.165) is 11.1 Å². The number of benzene rings is 2. The number of hydrogen-bond donors (Lipinski definition) is 0. The van der Waals surface area contributed by atoms with E-state index in [1.807, 2.05) is 11.4 Å².